The summed E-state index contributed by atoms with van der Waals surface area (Å²) in [6.45, 7) is 13.9. The number of anilines is 6. The SMILES string of the molecule is C=C1c2cc(NC(=O)CC)ccc2-c2ccc(NC(=O)CC)cc21.CCC(=O)Nc1ccc2c(c1)C(COC(=O)NCC(=O)O)c1cc(NC(=O)CC)ccc1-2.CCC(=O)Nc1ccc2c(c1)C(COC(=O)ON1C(=O)CCC1=O)c1cc(NC(=O)CC)ccc1-2.NCC(=O)O.O=C=O. The van der Waals surface area contributed by atoms with E-state index >= 15 is 0 Å². The number of hydrogen-bond acceptors (Lipinski definition) is 18. The van der Waals surface area contributed by atoms with Crippen molar-refractivity contribution in [1.82, 2.24) is 10.4 Å². The van der Waals surface area contributed by atoms with Gasteiger partial charge in [-0.1, -0.05) is 89.6 Å². The van der Waals surface area contributed by atoms with E-state index in [2.05, 4.69) is 49.5 Å². The molecule has 1 fully saturated rings. The number of hydrogen-bond donors (Lipinski definition) is 10. The Morgan fingerprint density at radius 3 is 1.00 bits per heavy atom. The molecule has 0 atom stereocenters. The van der Waals surface area contributed by atoms with Crippen molar-refractivity contribution in [2.45, 2.75) is 105 Å². The van der Waals surface area contributed by atoms with E-state index in [0.717, 1.165) is 83.7 Å². The molecule has 1 aliphatic heterocycles. The number of carbonyl (C=O) groups excluding carboxylic acids is 12. The Morgan fingerprint density at radius 2 is 0.727 bits per heavy atom. The van der Waals surface area contributed by atoms with Gasteiger partial charge in [0, 0.05) is 97.3 Å². The Morgan fingerprint density at radius 1 is 0.455 bits per heavy atom. The second kappa shape index (κ2) is 36.1. The lowest BCUT2D eigenvalue weighted by atomic mass is 9.97. The number of alkyl carbamates (subject to hydrolysis) is 1. The highest BCUT2D eigenvalue weighted by molar-refractivity contribution is 6.05. The molecule has 0 spiro atoms. The number of nitrogens with zero attached hydrogens (tertiary/aromatic N) is 1. The average molecular weight is 1360 g/mol. The lowest BCUT2D eigenvalue weighted by molar-refractivity contribution is -0.192. The number of carboxylic acids is 2. The fraction of sp³-hybridized carbons (Fsp3) is 0.282. The summed E-state index contributed by atoms with van der Waals surface area (Å²) in [4.78, 5) is 159. The van der Waals surface area contributed by atoms with Crippen LogP contribution in [0.2, 0.25) is 0 Å². The van der Waals surface area contributed by atoms with Gasteiger partial charge in [0.05, 0.1) is 6.54 Å². The number of carboxylic acid groups (broad SMARTS) is 2. The van der Waals surface area contributed by atoms with E-state index in [0.29, 0.717) is 66.3 Å². The van der Waals surface area contributed by atoms with E-state index in [9.17, 15) is 57.5 Å². The first-order valence-electron chi connectivity index (χ1n) is 31.4. The van der Waals surface area contributed by atoms with Crippen LogP contribution in [0.4, 0.5) is 43.7 Å². The minimum Gasteiger partial charge on any atom is -0.480 e. The second-order valence-corrected chi connectivity index (χ2v) is 22.0. The Hall–Kier alpha value is -12.2. The molecule has 3 aliphatic carbocycles. The molecule has 6 aromatic carbocycles. The molecular formula is C71H75N9O19. The largest absolute Gasteiger partial charge is 0.533 e. The average Bonchev–Trinajstić information content (AvgIpc) is 1.62. The monoisotopic (exact) mass is 1360 g/mol. The summed E-state index contributed by atoms with van der Waals surface area (Å²) in [7, 11) is 0. The van der Waals surface area contributed by atoms with Crippen molar-refractivity contribution in [3.8, 4) is 33.4 Å². The number of fused-ring (bicyclic) bond motifs is 9. The molecule has 10 rings (SSSR count). The van der Waals surface area contributed by atoms with Gasteiger partial charge in [-0.05, 0) is 145 Å². The summed E-state index contributed by atoms with van der Waals surface area (Å²) < 4.78 is 10.6. The van der Waals surface area contributed by atoms with Gasteiger partial charge in [0.1, 0.15) is 19.8 Å². The highest BCUT2D eigenvalue weighted by atomic mass is 16.8. The van der Waals surface area contributed by atoms with Gasteiger partial charge in [-0.15, -0.1) is 0 Å². The third kappa shape index (κ3) is 20.4. The quantitative estimate of drug-likeness (QED) is 0.0250. The fourth-order valence-corrected chi connectivity index (χ4v) is 10.5. The third-order valence-electron chi connectivity index (χ3n) is 15.4. The van der Waals surface area contributed by atoms with Gasteiger partial charge in [-0.3, -0.25) is 52.8 Å². The molecule has 28 heteroatoms. The number of hydroxylamine groups is 2. The minimum atomic E-state index is -1.17. The zero-order valence-electron chi connectivity index (χ0n) is 55.1. The topological polar surface area (TPSA) is 421 Å². The van der Waals surface area contributed by atoms with E-state index in [4.69, 9.17) is 34.1 Å². The number of nitrogens with two attached hydrogens (primary N) is 1. The number of benzene rings is 6. The maximum Gasteiger partial charge on any atom is 0.533 e. The van der Waals surface area contributed by atoms with Crippen LogP contribution in [0, 0.1) is 0 Å². The molecule has 4 aliphatic rings. The summed E-state index contributed by atoms with van der Waals surface area (Å²) in [5.74, 6) is -4.67. The predicted molar refractivity (Wildman–Crippen MR) is 363 cm³/mol. The molecule has 518 valence electrons. The van der Waals surface area contributed by atoms with Gasteiger partial charge in [-0.25, -0.2) is 9.59 Å². The van der Waals surface area contributed by atoms with Crippen molar-refractivity contribution in [2.75, 3.05) is 58.2 Å². The van der Waals surface area contributed by atoms with Crippen LogP contribution >= 0.6 is 0 Å². The lowest BCUT2D eigenvalue weighted by Crippen LogP contribution is -2.32. The van der Waals surface area contributed by atoms with Crippen LogP contribution in [0.25, 0.3) is 39.0 Å². The zero-order valence-corrected chi connectivity index (χ0v) is 55.1. The van der Waals surface area contributed by atoms with E-state index in [-0.39, 0.29) is 80.1 Å². The number of ether oxygens (including phenoxy) is 2. The highest BCUT2D eigenvalue weighted by Crippen LogP contribution is 2.49. The summed E-state index contributed by atoms with van der Waals surface area (Å²) >= 11 is 0. The number of aliphatic carboxylic acids is 2. The normalized spacial score (nSPS) is 12.2. The molecule has 28 nitrogen and oxygen atoms in total. The van der Waals surface area contributed by atoms with Crippen molar-refractivity contribution in [3.05, 3.63) is 149 Å². The van der Waals surface area contributed by atoms with E-state index in [1.54, 1.807) is 39.8 Å². The Balaban J connectivity index is 0.000000225. The first-order chi connectivity index (χ1) is 47.3. The molecule has 1 heterocycles. The standard InChI is InChI=1S/C25H25N3O7.C23H25N3O6.C20H20N2O2.C2H5NO2.CO2/c1-3-21(29)26-14-5-7-16-17-8-6-15(27-22(30)4-2)12-19(17)20(18(16)11-14)13-34-25(33)35-28-23(31)9-10-24(28)32;1-3-20(27)25-13-5-7-15-16-8-6-14(26-21(28)4-2)10-18(16)19(17(15)9-13)12-32-23(31)24-11-22(29)30;1-4-19(23)21-13-6-8-15-16-9-7-14(22-20(24)5-2)11-18(16)12(3)17(15)10-13;3-1-2(4)5;2-1-3/h5-8,11-12,20H,3-4,9-10,13H2,1-2H3,(H,26,29)(H,27,30);5-10,19H,3-4,11-12H2,1-2H3,(H,24,31)(H,25,27)(H,26,28)(H,29,30);6-11H,3-5H2,1-2H3,(H,21,23)(H,22,24);1,3H2,(H,4,5);. The molecule has 9 amide bonds. The van der Waals surface area contributed by atoms with Crippen molar-refractivity contribution in [2.24, 2.45) is 5.73 Å². The van der Waals surface area contributed by atoms with Crippen LogP contribution in [0.15, 0.2) is 116 Å². The Kier molecular flexibility index (Phi) is 27.7. The number of nitrogens with one attached hydrogen (secondary N) is 7. The molecule has 6 aromatic rings. The van der Waals surface area contributed by atoms with Crippen LogP contribution in [0.5, 0.6) is 0 Å². The number of amides is 9. The van der Waals surface area contributed by atoms with E-state index < -0.39 is 48.5 Å². The Bertz CT molecular complexity index is 3960. The second-order valence-electron chi connectivity index (χ2n) is 22.0. The summed E-state index contributed by atoms with van der Waals surface area (Å²) in [6.07, 6.45) is 0.415. The molecule has 0 unspecified atom stereocenters. The molecule has 0 aromatic heterocycles. The van der Waals surface area contributed by atoms with Gasteiger partial charge in [0.2, 0.25) is 35.4 Å². The number of rotatable bonds is 20. The Labute approximate surface area is 568 Å². The lowest BCUT2D eigenvalue weighted by Gasteiger charge is -2.17. The predicted octanol–water partition coefficient (Wildman–Crippen LogP) is 9.89. The molecule has 0 radical (unpaired) electrons. The molecule has 0 bridgehead atoms. The van der Waals surface area contributed by atoms with Crippen LogP contribution in [0.1, 0.15) is 138 Å². The highest BCUT2D eigenvalue weighted by Gasteiger charge is 2.36. The van der Waals surface area contributed by atoms with Gasteiger partial charge in [0.15, 0.2) is 0 Å². The maximum atomic E-state index is 12.3. The fourth-order valence-electron chi connectivity index (χ4n) is 10.5. The third-order valence-corrected chi connectivity index (χ3v) is 15.4. The molecule has 11 N–H and O–H groups in total. The van der Waals surface area contributed by atoms with Crippen molar-refractivity contribution in [1.29, 1.82) is 0 Å². The summed E-state index contributed by atoms with van der Waals surface area (Å²) in [6, 6.07) is 33.8. The molecule has 99 heavy (non-hydrogen) atoms. The maximum absolute atomic E-state index is 12.3. The van der Waals surface area contributed by atoms with Crippen LogP contribution in [-0.2, 0) is 71.8 Å². The van der Waals surface area contributed by atoms with Gasteiger partial charge >= 0.3 is 30.3 Å². The molecule has 1 saturated heterocycles. The van der Waals surface area contributed by atoms with Gasteiger partial charge in [0.25, 0.3) is 11.8 Å². The zero-order chi connectivity index (χ0) is 72.6. The molecule has 0 saturated carbocycles. The summed E-state index contributed by atoms with van der Waals surface area (Å²) in [5, 5.41) is 36.0. The van der Waals surface area contributed by atoms with Gasteiger partial charge in [-0.2, -0.15) is 9.59 Å². The smallest absolute Gasteiger partial charge is 0.480 e. The van der Waals surface area contributed by atoms with Crippen molar-refractivity contribution in [3.63, 3.8) is 0 Å². The van der Waals surface area contributed by atoms with Crippen LogP contribution < -0.4 is 43.0 Å². The minimum absolute atomic E-state index is 0.0133. The summed E-state index contributed by atoms with van der Waals surface area (Å²) in [5.41, 5.74) is 20.7. The van der Waals surface area contributed by atoms with Crippen LogP contribution in [0.3, 0.4) is 0 Å². The van der Waals surface area contributed by atoms with Crippen molar-refractivity contribution >= 4 is 117 Å². The van der Waals surface area contributed by atoms with Crippen molar-refractivity contribution < 1.29 is 91.6 Å². The van der Waals surface area contributed by atoms with E-state index in [1.807, 2.05) is 111 Å². The number of carbonyl (C=O) groups is 12. The van der Waals surface area contributed by atoms with Crippen LogP contribution in [-0.4, -0.2) is 119 Å². The number of imide groups is 1. The first kappa shape index (κ1) is 75.9. The first-order valence-corrected chi connectivity index (χ1v) is 31.4. The molecular weight excluding hydrogens is 1280 g/mol. The van der Waals surface area contributed by atoms with E-state index in [1.165, 1.54) is 0 Å². The van der Waals surface area contributed by atoms with Gasteiger partial charge < -0.3 is 62.6 Å².